The number of Topliss-reactive ketones (excluding diaryl/α,β-unsaturated/α-hetero) is 1. The molecular formula is C89H118F3N9O15. The fraction of sp³-hybridized carbons (Fsp3) is 0.596. The van der Waals surface area contributed by atoms with Crippen molar-refractivity contribution in [1.82, 2.24) is 29.7 Å². The first kappa shape index (κ1) is 86.1. The molecule has 3 aromatic carbocycles. The first-order valence-corrected chi connectivity index (χ1v) is 42.1. The molecule has 24 nitrogen and oxygen atoms in total. The van der Waals surface area contributed by atoms with Crippen molar-refractivity contribution in [3.8, 4) is 5.75 Å². The summed E-state index contributed by atoms with van der Waals surface area (Å²) >= 11 is 0. The van der Waals surface area contributed by atoms with E-state index in [4.69, 9.17) is 62.3 Å². The van der Waals surface area contributed by atoms with Crippen molar-refractivity contribution in [2.24, 2.45) is 0 Å². The lowest BCUT2D eigenvalue weighted by molar-refractivity contribution is -0.205. The van der Waals surface area contributed by atoms with E-state index in [0.717, 1.165) is 193 Å². The molecule has 0 spiro atoms. The molecule has 630 valence electrons. The highest BCUT2D eigenvalue weighted by Crippen LogP contribution is 2.38. The van der Waals surface area contributed by atoms with Gasteiger partial charge in [-0.05, 0) is 213 Å². The number of halogens is 3. The molecule has 5 N–H and O–H groups in total. The van der Waals surface area contributed by atoms with Crippen molar-refractivity contribution in [1.29, 1.82) is 0 Å². The second-order valence-electron chi connectivity index (χ2n) is 32.8. The van der Waals surface area contributed by atoms with E-state index in [1.165, 1.54) is 41.8 Å². The van der Waals surface area contributed by atoms with Gasteiger partial charge in [-0.2, -0.15) is 0 Å². The topological polar surface area (TPSA) is 268 Å². The summed E-state index contributed by atoms with van der Waals surface area (Å²) < 4.78 is 102. The quantitative estimate of drug-likeness (QED) is 0.0227. The van der Waals surface area contributed by atoms with Gasteiger partial charge in [0, 0.05) is 125 Å². The summed E-state index contributed by atoms with van der Waals surface area (Å²) in [5, 5.41) is 30.4. The number of nitrogens with zero attached hydrogens (tertiary/aromatic N) is 6. The first-order chi connectivity index (χ1) is 56.3. The fourth-order valence-corrected chi connectivity index (χ4v) is 17.0. The smallest absolute Gasteiger partial charge is 0.325 e. The SMILES string of the molecule is CC(=O)C(c1cc(F)ccc1CO[C@@H]1CCOC1)N1CC[C@@H](OCCCCc2ccc3c(n2)NCCC3)C1.CC1(OCc2c(F)cccc2C(C(=O)O)N2CC[C@@H](OCCCCc3ccc4c(n3)NCCC4)C2)COC1.COc1cc(CCCCO[C@@H]2CCN(C(C(=O)O)c3cccc(F)c3COC3(C)COC3)C2)nc2c1CCCN2. The number of pyridine rings is 3. The van der Waals surface area contributed by atoms with Gasteiger partial charge in [-0.1, -0.05) is 42.5 Å². The number of ether oxygens (including phenoxy) is 10. The summed E-state index contributed by atoms with van der Waals surface area (Å²) in [6.07, 6.45) is 18.2. The number of benzene rings is 3. The Morgan fingerprint density at radius 2 is 1.00 bits per heavy atom. The van der Waals surface area contributed by atoms with Crippen molar-refractivity contribution < 1.29 is 85.1 Å². The highest BCUT2D eigenvalue weighted by atomic mass is 19.1. The van der Waals surface area contributed by atoms with Crippen LogP contribution in [0.15, 0.2) is 84.9 Å². The van der Waals surface area contributed by atoms with E-state index in [2.05, 4.69) is 45.1 Å². The van der Waals surface area contributed by atoms with Crippen molar-refractivity contribution in [2.75, 3.05) is 141 Å². The number of fused-ring (bicyclic) bond motifs is 3. The van der Waals surface area contributed by atoms with Crippen LogP contribution in [0.4, 0.5) is 30.6 Å². The number of aryl methyl sites for hydroxylation is 5. The number of unbranched alkanes of at least 4 members (excludes halogenated alkanes) is 3. The predicted molar refractivity (Wildman–Crippen MR) is 432 cm³/mol. The molecule has 27 heteroatoms. The standard InChI is InChI=1S/C30H40FN3O6.C30H40FN3O4.C29H38FN3O5/c1-30(18-38-19-30)40-17-24-22(8-5-10-25(24)31)27(29(35)36)34-13-11-21(16-34)39-14-4-3-7-20-15-26(37-2)23-9-6-12-32-28(23)33-20;1-21(35)29(28-17-24(31)9-7-23(28)19-38-27-12-16-36-20-27)34-14-11-26(18-34)37-15-3-2-6-25-10-8-22-5-4-13-32-30(22)33-25;1-29(18-36-19-29)38-17-24-23(8-4-9-25(24)30)26(28(34)35)33-14-12-22(16-33)37-15-3-2-7-21-11-10-20-6-5-13-31-27(20)32-21/h5,8,10,15,21,27H,3-4,6-7,9,11-14,16-19H2,1-2H3,(H,32,33)(H,35,36);7-10,17,26-27,29H,2-6,11-16,18-20H2,1H3,(H,32,33);4,8-11,22,26H,2-3,5-7,12-19H2,1H3,(H,31,32)(H,34,35)/t21-,27?;26-,27-,29?;22-,26?/m111/s1. The molecule has 12 heterocycles. The van der Waals surface area contributed by atoms with Gasteiger partial charge in [-0.25, -0.2) is 28.1 Å². The van der Waals surface area contributed by atoms with E-state index in [1.54, 1.807) is 44.4 Å². The van der Waals surface area contributed by atoms with Crippen LogP contribution in [0, 0.1) is 17.5 Å². The molecule has 0 amide bonds. The number of likely N-dealkylation sites (tertiary alicyclic amines) is 3. The minimum atomic E-state index is -1.01. The van der Waals surface area contributed by atoms with Gasteiger partial charge in [0.15, 0.2) is 5.78 Å². The number of rotatable bonds is 37. The zero-order valence-electron chi connectivity index (χ0n) is 67.9. The molecule has 6 aromatic rings. The molecule has 3 aromatic heterocycles. The van der Waals surface area contributed by atoms with Crippen LogP contribution < -0.4 is 20.7 Å². The zero-order chi connectivity index (χ0) is 81.0. The minimum Gasteiger partial charge on any atom is -0.496 e. The Balaban J connectivity index is 0.000000151. The third-order valence-corrected chi connectivity index (χ3v) is 23.6. The molecular weight excluding hydrogens is 1490 g/mol. The number of carboxylic acids is 2. The minimum absolute atomic E-state index is 0.000426. The third-order valence-electron chi connectivity index (χ3n) is 23.6. The lowest BCUT2D eigenvalue weighted by Crippen LogP contribution is -2.49. The Bertz CT molecular complexity index is 4230. The number of ketones is 1. The van der Waals surface area contributed by atoms with Crippen molar-refractivity contribution >= 4 is 35.2 Å². The average molecular weight is 1610 g/mol. The van der Waals surface area contributed by atoms with Crippen LogP contribution in [0.2, 0.25) is 0 Å². The molecule has 0 aliphatic carbocycles. The van der Waals surface area contributed by atoms with Crippen LogP contribution in [0.5, 0.6) is 5.75 Å². The Hall–Kier alpha value is -7.77. The second-order valence-corrected chi connectivity index (χ2v) is 32.8. The molecule has 15 rings (SSSR count). The van der Waals surface area contributed by atoms with Crippen molar-refractivity contribution in [3.63, 3.8) is 0 Å². The summed E-state index contributed by atoms with van der Waals surface area (Å²) in [7, 11) is 1.70. The van der Waals surface area contributed by atoms with Crippen LogP contribution in [0.1, 0.15) is 190 Å². The molecule has 9 aliphatic rings. The summed E-state index contributed by atoms with van der Waals surface area (Å²) in [4.78, 5) is 57.8. The monoisotopic (exact) mass is 1610 g/mol. The zero-order valence-corrected chi connectivity index (χ0v) is 67.9. The number of hydrogen-bond donors (Lipinski definition) is 5. The number of carboxylic acid groups (broad SMARTS) is 2. The summed E-state index contributed by atoms with van der Waals surface area (Å²) in [6.45, 7) is 17.2. The van der Waals surface area contributed by atoms with Gasteiger partial charge < -0.3 is 73.5 Å². The van der Waals surface area contributed by atoms with E-state index in [1.807, 2.05) is 29.7 Å². The van der Waals surface area contributed by atoms with E-state index < -0.39 is 52.9 Å². The summed E-state index contributed by atoms with van der Waals surface area (Å²) in [5.74, 6) is 0.687. The highest BCUT2D eigenvalue weighted by Gasteiger charge is 2.42. The molecule has 116 heavy (non-hydrogen) atoms. The van der Waals surface area contributed by atoms with Crippen LogP contribution in [0.25, 0.3) is 0 Å². The number of carbonyl (C=O) groups excluding carboxylic acids is 1. The number of nitrogens with one attached hydrogen (secondary N) is 3. The van der Waals surface area contributed by atoms with Crippen LogP contribution in [-0.2, 0) is 115 Å². The van der Waals surface area contributed by atoms with Gasteiger partial charge in [0.05, 0.1) is 90.4 Å². The van der Waals surface area contributed by atoms with Crippen molar-refractivity contribution in [2.45, 2.75) is 216 Å². The molecule has 6 saturated heterocycles. The summed E-state index contributed by atoms with van der Waals surface area (Å²) in [5.41, 5.74) is 9.09. The number of anilines is 3. The largest absolute Gasteiger partial charge is 0.496 e. The molecule has 0 bridgehead atoms. The first-order valence-electron chi connectivity index (χ1n) is 42.1. The number of methoxy groups -OCH3 is 1. The number of aromatic nitrogens is 3. The van der Waals surface area contributed by atoms with Crippen LogP contribution >= 0.6 is 0 Å². The number of carbonyl (C=O) groups is 3. The third kappa shape index (κ3) is 23.2. The van der Waals surface area contributed by atoms with Gasteiger partial charge >= 0.3 is 11.9 Å². The lowest BCUT2D eigenvalue weighted by atomic mass is 9.96. The fourth-order valence-electron chi connectivity index (χ4n) is 17.0. The molecule has 9 aliphatic heterocycles. The van der Waals surface area contributed by atoms with Gasteiger partial charge in [0.25, 0.3) is 0 Å². The molecule has 6 fully saturated rings. The van der Waals surface area contributed by atoms with Crippen LogP contribution in [-0.4, -0.2) is 219 Å². The Labute approximate surface area is 679 Å². The molecule has 3 unspecified atom stereocenters. The maximum absolute atomic E-state index is 14.9. The summed E-state index contributed by atoms with van der Waals surface area (Å²) in [6, 6.07) is 22.2. The normalized spacial score (nSPS) is 21.5. The van der Waals surface area contributed by atoms with Crippen LogP contribution in [0.3, 0.4) is 0 Å². The number of aliphatic carboxylic acids is 2. The maximum atomic E-state index is 14.9. The molecule has 0 radical (unpaired) electrons. The Morgan fingerprint density at radius 3 is 1.46 bits per heavy atom. The predicted octanol–water partition coefficient (Wildman–Crippen LogP) is 12.9. The van der Waals surface area contributed by atoms with Gasteiger partial charge in [-0.3, -0.25) is 29.1 Å². The van der Waals surface area contributed by atoms with Gasteiger partial charge in [0.1, 0.15) is 63.9 Å². The average Bonchev–Trinajstić information content (AvgIpc) is 1.50. The Morgan fingerprint density at radius 1 is 0.526 bits per heavy atom. The Kier molecular flexibility index (Phi) is 31.0. The number of hydrogen-bond acceptors (Lipinski definition) is 22. The van der Waals surface area contributed by atoms with E-state index >= 15 is 0 Å². The lowest BCUT2D eigenvalue weighted by Gasteiger charge is -2.38. The highest BCUT2D eigenvalue weighted by molar-refractivity contribution is 5.83. The van der Waals surface area contributed by atoms with E-state index in [9.17, 15) is 37.8 Å². The molecule has 7 atom stereocenters. The van der Waals surface area contributed by atoms with E-state index in [0.29, 0.717) is 121 Å². The van der Waals surface area contributed by atoms with Gasteiger partial charge in [0.2, 0.25) is 0 Å². The molecule has 0 saturated carbocycles. The maximum Gasteiger partial charge on any atom is 0.325 e. The van der Waals surface area contributed by atoms with Crippen molar-refractivity contribution in [3.05, 3.63) is 170 Å². The van der Waals surface area contributed by atoms with Gasteiger partial charge in [-0.15, -0.1) is 0 Å². The van der Waals surface area contributed by atoms with E-state index in [-0.39, 0.29) is 54.8 Å². The second kappa shape index (κ2) is 41.8.